The van der Waals surface area contributed by atoms with Gasteiger partial charge in [-0.15, -0.1) is 0 Å². The number of methoxy groups -OCH3 is 2. The maximum absolute atomic E-state index is 4.80. The third kappa shape index (κ3) is 36.9. The van der Waals surface area contributed by atoms with Crippen LogP contribution in [0, 0.1) is 0 Å². The van der Waals surface area contributed by atoms with Gasteiger partial charge in [-0.05, 0) is 24.4 Å². The Balaban J connectivity index is -0.0000000267. The largest absolute Gasteiger partial charge is 2.00 e. The number of hydrogen-bond acceptors (Lipinski definition) is 4. The van der Waals surface area contributed by atoms with E-state index in [0.29, 0.717) is 0 Å². The van der Waals surface area contributed by atoms with Gasteiger partial charge in [0.05, 0.1) is 14.2 Å². The topological polar surface area (TPSA) is 70.5 Å². The Labute approximate surface area is 110 Å². The predicted molar refractivity (Wildman–Crippen MR) is 55.6 cm³/mol. The van der Waals surface area contributed by atoms with E-state index in [-0.39, 0.29) is 50.9 Å². The van der Waals surface area contributed by atoms with E-state index < -0.39 is 0 Å². The molecule has 0 fully saturated rings. The van der Waals surface area contributed by atoms with Crippen molar-refractivity contribution in [2.45, 2.75) is 0 Å². The van der Waals surface area contributed by atoms with E-state index in [1.165, 1.54) is 14.2 Å². The Morgan fingerprint density at radius 1 is 1.09 bits per heavy atom. The molecule has 0 bridgehead atoms. The summed E-state index contributed by atoms with van der Waals surface area (Å²) >= 11 is 8.50. The maximum Gasteiger partial charge on any atom is 2.00 e. The van der Waals surface area contributed by atoms with E-state index in [4.69, 9.17) is 11.5 Å². The Bertz CT molecular complexity index is 117. The van der Waals surface area contributed by atoms with Gasteiger partial charge in [0.2, 0.25) is 0 Å². The second-order valence-corrected chi connectivity index (χ2v) is 1.85. The molecule has 64 valence electrons. The van der Waals surface area contributed by atoms with Gasteiger partial charge in [0.25, 0.3) is 10.3 Å². The molecule has 11 heavy (non-hydrogen) atoms. The Kier molecular flexibility index (Phi) is 21.3. The molecule has 0 rings (SSSR count). The van der Waals surface area contributed by atoms with Gasteiger partial charge >= 0.3 is 37.7 Å². The first-order chi connectivity index (χ1) is 4.54. The fraction of sp³-hybridized carbons (Fsp3) is 0.500. The molecule has 0 atom stereocenters. The number of hydrogen-bond donors (Lipinski definition) is 2. The molecule has 0 saturated heterocycles. The molecule has 0 spiro atoms. The van der Waals surface area contributed by atoms with Crippen molar-refractivity contribution in [1.29, 1.82) is 0 Å². The first-order valence-electron chi connectivity index (χ1n) is 2.21. The zero-order chi connectivity index (χ0) is 8.57. The van der Waals surface area contributed by atoms with E-state index in [0.717, 1.165) is 0 Å². The van der Waals surface area contributed by atoms with E-state index in [9.17, 15) is 0 Å². The van der Waals surface area contributed by atoms with Crippen molar-refractivity contribution in [2.24, 2.45) is 11.5 Å². The molecule has 0 aromatic heterocycles. The molecule has 4 N–H and O–H groups in total. The summed E-state index contributed by atoms with van der Waals surface area (Å²) in [6, 6.07) is 0. The van der Waals surface area contributed by atoms with E-state index in [1.807, 2.05) is 0 Å². The van der Waals surface area contributed by atoms with Crippen LogP contribution in [0.4, 0.5) is 0 Å². The van der Waals surface area contributed by atoms with Crippen LogP contribution in [-0.4, -0.2) is 62.3 Å². The first kappa shape index (κ1) is 17.7. The second-order valence-electron chi connectivity index (χ2n) is 1.05. The minimum Gasteiger partial charge on any atom is -1.00 e. The predicted octanol–water partition coefficient (Wildman–Crippen LogP) is -0.403. The molecule has 0 aromatic carbocycles. The number of nitrogens with two attached hydrogens (primary N) is 2. The SMILES string of the molecule is COC(N)=S.COC(N)=S.[Ca+2].[H-].[H-]. The normalized spacial score (nSPS) is 6.00. The van der Waals surface area contributed by atoms with Crippen molar-refractivity contribution >= 4 is 72.5 Å². The van der Waals surface area contributed by atoms with Crippen molar-refractivity contribution in [1.82, 2.24) is 0 Å². The summed E-state index contributed by atoms with van der Waals surface area (Å²) in [7, 11) is 2.87. The van der Waals surface area contributed by atoms with Crippen LogP contribution in [0.25, 0.3) is 0 Å². The van der Waals surface area contributed by atoms with Gasteiger partial charge < -0.3 is 23.8 Å². The van der Waals surface area contributed by atoms with E-state index >= 15 is 0 Å². The monoisotopic (exact) mass is 224 g/mol. The average Bonchev–Trinajstić information content (AvgIpc) is 1.89. The Morgan fingerprint density at radius 3 is 1.18 bits per heavy atom. The van der Waals surface area contributed by atoms with Gasteiger partial charge in [0, 0.05) is 0 Å². The molecule has 0 heterocycles. The van der Waals surface area contributed by atoms with Crippen LogP contribution in [0.15, 0.2) is 0 Å². The summed E-state index contributed by atoms with van der Waals surface area (Å²) in [6.45, 7) is 0. The van der Waals surface area contributed by atoms with Crippen LogP contribution < -0.4 is 11.5 Å². The standard InChI is InChI=1S/2C2H5NOS.Ca.2H/c2*1-4-2(3)5;;;/h2*1H3,(H2,3,5);;;/q;;+2;2*-1. The van der Waals surface area contributed by atoms with Gasteiger partial charge in [-0.3, -0.25) is 0 Å². The van der Waals surface area contributed by atoms with Gasteiger partial charge in [0.15, 0.2) is 0 Å². The first-order valence-corrected chi connectivity index (χ1v) is 3.03. The number of thiocarbonyl (C=S) groups is 2. The molecule has 0 aliphatic carbocycles. The maximum atomic E-state index is 4.80. The molecule has 0 unspecified atom stereocenters. The van der Waals surface area contributed by atoms with Crippen LogP contribution in [0.3, 0.4) is 0 Å². The Morgan fingerprint density at radius 2 is 1.18 bits per heavy atom. The van der Waals surface area contributed by atoms with E-state index in [2.05, 4.69) is 33.9 Å². The van der Waals surface area contributed by atoms with Crippen LogP contribution in [0.1, 0.15) is 2.85 Å². The van der Waals surface area contributed by atoms with E-state index in [1.54, 1.807) is 0 Å². The molecule has 0 aliphatic rings. The quantitative estimate of drug-likeness (QED) is 0.431. The van der Waals surface area contributed by atoms with Crippen molar-refractivity contribution in [3.8, 4) is 0 Å². The third-order valence-corrected chi connectivity index (χ3v) is 0.736. The van der Waals surface area contributed by atoms with Gasteiger partial charge in [-0.1, -0.05) is 0 Å². The van der Waals surface area contributed by atoms with Crippen molar-refractivity contribution < 1.29 is 12.3 Å². The van der Waals surface area contributed by atoms with Crippen molar-refractivity contribution in [3.05, 3.63) is 0 Å². The second kappa shape index (κ2) is 13.2. The zero-order valence-corrected chi connectivity index (χ0v) is 10.3. The summed E-state index contributed by atoms with van der Waals surface area (Å²) in [6.07, 6.45) is 0. The Hall–Kier alpha value is 0.640. The molecule has 0 aliphatic heterocycles. The van der Waals surface area contributed by atoms with Gasteiger partial charge in [-0.2, -0.15) is 0 Å². The molecular formula is C4H12CaN2O2S2. The molecule has 0 radical (unpaired) electrons. The summed E-state index contributed by atoms with van der Waals surface area (Å²) in [5.41, 5.74) is 9.60. The summed E-state index contributed by atoms with van der Waals surface area (Å²) in [5, 5.41) is 0.176. The molecule has 7 heteroatoms. The van der Waals surface area contributed by atoms with Crippen LogP contribution in [-0.2, 0) is 9.47 Å². The smallest absolute Gasteiger partial charge is 1.00 e. The minimum atomic E-state index is 0. The number of rotatable bonds is 0. The number of ether oxygens (including phenoxy) is 2. The minimum absolute atomic E-state index is 0. The fourth-order valence-electron chi connectivity index (χ4n) is 0. The van der Waals surface area contributed by atoms with Crippen molar-refractivity contribution in [2.75, 3.05) is 14.2 Å². The summed E-state index contributed by atoms with van der Waals surface area (Å²) < 4.78 is 8.52. The average molecular weight is 224 g/mol. The summed E-state index contributed by atoms with van der Waals surface area (Å²) in [5.74, 6) is 0. The fourth-order valence-corrected chi connectivity index (χ4v) is 0. The zero-order valence-electron chi connectivity index (χ0n) is 8.49. The van der Waals surface area contributed by atoms with Gasteiger partial charge in [-0.25, -0.2) is 0 Å². The van der Waals surface area contributed by atoms with Crippen molar-refractivity contribution in [3.63, 3.8) is 0 Å². The van der Waals surface area contributed by atoms with Crippen LogP contribution in [0.5, 0.6) is 0 Å². The summed E-state index contributed by atoms with van der Waals surface area (Å²) in [4.78, 5) is 0. The molecule has 0 amide bonds. The van der Waals surface area contributed by atoms with Gasteiger partial charge in [0.1, 0.15) is 0 Å². The molecule has 0 saturated carbocycles. The van der Waals surface area contributed by atoms with Crippen LogP contribution >= 0.6 is 24.4 Å². The molecule has 0 aromatic rings. The molecular weight excluding hydrogens is 212 g/mol. The van der Waals surface area contributed by atoms with Crippen LogP contribution in [0.2, 0.25) is 0 Å². The third-order valence-electron chi connectivity index (χ3n) is 0.402. The molecule has 4 nitrogen and oxygen atoms in total.